The molecule has 6 heteroatoms. The molecule has 0 aliphatic rings. The van der Waals surface area contributed by atoms with E-state index in [0.717, 1.165) is 16.7 Å². The lowest BCUT2D eigenvalue weighted by Crippen LogP contribution is -2.33. The minimum absolute atomic E-state index is 0.00932. The molecule has 0 bridgehead atoms. The predicted octanol–water partition coefficient (Wildman–Crippen LogP) is 4.77. The van der Waals surface area contributed by atoms with Gasteiger partial charge in [-0.15, -0.1) is 0 Å². The van der Waals surface area contributed by atoms with Gasteiger partial charge in [0.25, 0.3) is 0 Å². The first-order valence-corrected chi connectivity index (χ1v) is 12.6. The minimum Gasteiger partial charge on any atom is -0.334 e. The Labute approximate surface area is 191 Å². The van der Waals surface area contributed by atoms with E-state index in [-0.39, 0.29) is 18.9 Å². The molecule has 0 saturated heterocycles. The summed E-state index contributed by atoms with van der Waals surface area (Å²) in [5.74, 6) is 0.00932. The van der Waals surface area contributed by atoms with E-state index in [0.29, 0.717) is 25.2 Å². The van der Waals surface area contributed by atoms with Gasteiger partial charge in [-0.25, -0.2) is 8.42 Å². The van der Waals surface area contributed by atoms with Crippen LogP contribution >= 0.6 is 0 Å². The van der Waals surface area contributed by atoms with E-state index >= 15 is 0 Å². The lowest BCUT2D eigenvalue weighted by molar-refractivity contribution is -0.132. The maximum absolute atomic E-state index is 13.1. The molecule has 0 spiro atoms. The van der Waals surface area contributed by atoms with Crippen molar-refractivity contribution < 1.29 is 13.2 Å². The van der Waals surface area contributed by atoms with Crippen molar-refractivity contribution >= 4 is 21.6 Å². The van der Waals surface area contributed by atoms with E-state index in [1.165, 1.54) is 10.6 Å². The third-order valence-electron chi connectivity index (χ3n) is 5.26. The van der Waals surface area contributed by atoms with Crippen LogP contribution in [0, 0.1) is 6.92 Å². The number of hydrogen-bond acceptors (Lipinski definition) is 3. The number of rotatable bonds is 10. The van der Waals surface area contributed by atoms with Gasteiger partial charge in [0.15, 0.2) is 0 Å². The molecule has 168 valence electrons. The number of aryl methyl sites for hydroxylation is 1. The molecule has 32 heavy (non-hydrogen) atoms. The Bertz CT molecular complexity index is 1060. The Kier molecular flexibility index (Phi) is 8.06. The van der Waals surface area contributed by atoms with Crippen LogP contribution in [0.15, 0.2) is 84.9 Å². The van der Waals surface area contributed by atoms with Gasteiger partial charge in [-0.05, 0) is 36.6 Å². The molecule has 0 aromatic heterocycles. The Morgan fingerprint density at radius 2 is 1.28 bits per heavy atom. The van der Waals surface area contributed by atoms with Crippen molar-refractivity contribution in [1.29, 1.82) is 0 Å². The molecule has 0 radical (unpaired) electrons. The van der Waals surface area contributed by atoms with Crippen molar-refractivity contribution in [1.82, 2.24) is 4.90 Å². The topological polar surface area (TPSA) is 57.7 Å². The number of hydrogen-bond donors (Lipinski definition) is 0. The summed E-state index contributed by atoms with van der Waals surface area (Å²) in [6.07, 6.45) is 1.92. The van der Waals surface area contributed by atoms with E-state index in [2.05, 4.69) is 0 Å². The third kappa shape index (κ3) is 6.95. The molecule has 0 heterocycles. The summed E-state index contributed by atoms with van der Waals surface area (Å²) >= 11 is 0. The first kappa shape index (κ1) is 23.5. The summed E-state index contributed by atoms with van der Waals surface area (Å²) in [5, 5.41) is 0. The molecule has 0 fully saturated rings. The molecule has 3 aromatic rings. The van der Waals surface area contributed by atoms with Crippen molar-refractivity contribution in [3.8, 4) is 0 Å². The van der Waals surface area contributed by atoms with Crippen molar-refractivity contribution in [2.45, 2.75) is 32.9 Å². The second-order valence-corrected chi connectivity index (χ2v) is 9.90. The highest BCUT2D eigenvalue weighted by Gasteiger charge is 2.19. The number of carbonyl (C=O) groups excluding carboxylic acids is 1. The molecule has 5 nitrogen and oxygen atoms in total. The normalized spacial score (nSPS) is 11.2. The van der Waals surface area contributed by atoms with Crippen molar-refractivity contribution in [3.05, 3.63) is 102 Å². The molecule has 1 amide bonds. The molecular formula is C26H30N2O3S. The molecule has 3 rings (SSSR count). The Hall–Kier alpha value is -3.12. The summed E-state index contributed by atoms with van der Waals surface area (Å²) in [7, 11) is -3.44. The number of carbonyl (C=O) groups is 1. The molecule has 0 aliphatic heterocycles. The highest BCUT2D eigenvalue weighted by molar-refractivity contribution is 7.92. The second kappa shape index (κ2) is 11.0. The van der Waals surface area contributed by atoms with Crippen LogP contribution in [0.25, 0.3) is 0 Å². The fourth-order valence-electron chi connectivity index (χ4n) is 3.57. The first-order valence-electron chi connectivity index (χ1n) is 10.7. The highest BCUT2D eigenvalue weighted by Crippen LogP contribution is 2.19. The van der Waals surface area contributed by atoms with Crippen LogP contribution in [0.4, 0.5) is 5.69 Å². The van der Waals surface area contributed by atoms with Gasteiger partial charge in [0, 0.05) is 26.1 Å². The van der Waals surface area contributed by atoms with Crippen LogP contribution < -0.4 is 4.31 Å². The zero-order valence-electron chi connectivity index (χ0n) is 18.6. The Morgan fingerprint density at radius 1 is 0.781 bits per heavy atom. The maximum atomic E-state index is 13.1. The molecular weight excluding hydrogens is 420 g/mol. The van der Waals surface area contributed by atoms with Gasteiger partial charge in [0.2, 0.25) is 15.9 Å². The minimum atomic E-state index is -3.44. The Balaban J connectivity index is 1.68. The fourth-order valence-corrected chi connectivity index (χ4v) is 4.53. The van der Waals surface area contributed by atoms with E-state index in [1.54, 1.807) is 12.1 Å². The molecule has 0 atom stereocenters. The monoisotopic (exact) mass is 450 g/mol. The highest BCUT2D eigenvalue weighted by atomic mass is 32.2. The number of anilines is 1. The van der Waals surface area contributed by atoms with Crippen molar-refractivity contribution in [2.75, 3.05) is 17.1 Å². The maximum Gasteiger partial charge on any atom is 0.232 e. The van der Waals surface area contributed by atoms with E-state index in [9.17, 15) is 13.2 Å². The SMILES string of the molecule is Cc1ccc(N(CCCC(=O)N(Cc2ccccc2)Cc2ccccc2)S(C)(=O)=O)cc1. The number of benzene rings is 3. The van der Waals surface area contributed by atoms with Gasteiger partial charge in [-0.3, -0.25) is 9.10 Å². The molecule has 0 N–H and O–H groups in total. The van der Waals surface area contributed by atoms with E-state index < -0.39 is 10.0 Å². The quantitative estimate of drug-likeness (QED) is 0.447. The van der Waals surface area contributed by atoms with Crippen LogP contribution in [-0.2, 0) is 27.9 Å². The van der Waals surface area contributed by atoms with Gasteiger partial charge in [0.05, 0.1) is 11.9 Å². The van der Waals surface area contributed by atoms with Crippen molar-refractivity contribution in [3.63, 3.8) is 0 Å². The second-order valence-electron chi connectivity index (χ2n) is 8.00. The molecule has 0 unspecified atom stereocenters. The van der Waals surface area contributed by atoms with Gasteiger partial charge < -0.3 is 4.90 Å². The summed E-state index contributed by atoms with van der Waals surface area (Å²) in [6, 6.07) is 27.2. The standard InChI is InChI=1S/C26H30N2O3S/c1-22-15-17-25(18-16-22)28(32(2,30)31)19-9-14-26(29)27(20-23-10-5-3-6-11-23)21-24-12-7-4-8-13-24/h3-8,10-13,15-18H,9,14,19-21H2,1-2H3. The summed E-state index contributed by atoms with van der Waals surface area (Å²) in [4.78, 5) is 15.0. The van der Waals surface area contributed by atoms with Crippen LogP contribution in [0.3, 0.4) is 0 Å². The predicted molar refractivity (Wildman–Crippen MR) is 130 cm³/mol. The van der Waals surface area contributed by atoms with Gasteiger partial charge in [0.1, 0.15) is 0 Å². The fraction of sp³-hybridized carbons (Fsp3) is 0.269. The summed E-state index contributed by atoms with van der Waals surface area (Å²) in [5.41, 5.74) is 3.81. The average molecular weight is 451 g/mol. The summed E-state index contributed by atoms with van der Waals surface area (Å²) < 4.78 is 26.1. The number of sulfonamides is 1. The number of amides is 1. The van der Waals surface area contributed by atoms with Crippen molar-refractivity contribution in [2.24, 2.45) is 0 Å². The van der Waals surface area contributed by atoms with Gasteiger partial charge in [-0.1, -0.05) is 78.4 Å². The molecule has 0 saturated carbocycles. The summed E-state index contributed by atoms with van der Waals surface area (Å²) in [6.45, 7) is 3.25. The van der Waals surface area contributed by atoms with Crippen LogP contribution in [0.5, 0.6) is 0 Å². The first-order chi connectivity index (χ1) is 15.3. The smallest absolute Gasteiger partial charge is 0.232 e. The largest absolute Gasteiger partial charge is 0.334 e. The van der Waals surface area contributed by atoms with Crippen LogP contribution in [0.1, 0.15) is 29.5 Å². The number of nitrogens with zero attached hydrogens (tertiary/aromatic N) is 2. The van der Waals surface area contributed by atoms with Gasteiger partial charge in [-0.2, -0.15) is 0 Å². The van der Waals surface area contributed by atoms with Crippen LogP contribution in [0.2, 0.25) is 0 Å². The Morgan fingerprint density at radius 3 is 1.75 bits per heavy atom. The van der Waals surface area contributed by atoms with Crippen LogP contribution in [-0.4, -0.2) is 32.0 Å². The van der Waals surface area contributed by atoms with Gasteiger partial charge >= 0.3 is 0 Å². The molecule has 3 aromatic carbocycles. The van der Waals surface area contributed by atoms with E-state index in [4.69, 9.17) is 0 Å². The lowest BCUT2D eigenvalue weighted by Gasteiger charge is -2.25. The zero-order chi connectivity index (χ0) is 23.0. The lowest BCUT2D eigenvalue weighted by atomic mass is 10.1. The average Bonchev–Trinajstić information content (AvgIpc) is 2.77. The molecule has 0 aliphatic carbocycles. The van der Waals surface area contributed by atoms with E-state index in [1.807, 2.05) is 84.6 Å². The zero-order valence-corrected chi connectivity index (χ0v) is 19.5. The third-order valence-corrected chi connectivity index (χ3v) is 6.45.